The van der Waals surface area contributed by atoms with Crippen molar-refractivity contribution in [2.75, 3.05) is 0 Å². The lowest BCUT2D eigenvalue weighted by molar-refractivity contribution is 1.33. The minimum Gasteiger partial charge on any atom is -0.256 e. The summed E-state index contributed by atoms with van der Waals surface area (Å²) in [6, 6.07) is 12.3. The Morgan fingerprint density at radius 3 is 2.73 bits per heavy atom. The Kier molecular flexibility index (Phi) is 1.96. The van der Waals surface area contributed by atoms with Crippen LogP contribution in [0.1, 0.15) is 0 Å². The van der Waals surface area contributed by atoms with E-state index in [-0.39, 0.29) is 0 Å². The first-order chi connectivity index (χ1) is 7.43. The number of pyridine rings is 1. The van der Waals surface area contributed by atoms with Crippen molar-refractivity contribution in [2.45, 2.75) is 0 Å². The van der Waals surface area contributed by atoms with Crippen molar-refractivity contribution in [1.82, 2.24) is 9.36 Å². The molecule has 1 aromatic rings. The van der Waals surface area contributed by atoms with E-state index in [0.29, 0.717) is 0 Å². The van der Waals surface area contributed by atoms with Crippen molar-refractivity contribution in [2.24, 2.45) is 0 Å². The van der Waals surface area contributed by atoms with Gasteiger partial charge in [0.15, 0.2) is 0 Å². The van der Waals surface area contributed by atoms with Gasteiger partial charge in [0.2, 0.25) is 0 Å². The third kappa shape index (κ3) is 1.51. The molecule has 0 fully saturated rings. The van der Waals surface area contributed by atoms with Gasteiger partial charge in [-0.05, 0) is 47.4 Å². The molecule has 3 rings (SSSR count). The summed E-state index contributed by atoms with van der Waals surface area (Å²) in [5.41, 5.74) is 3.41. The number of hydrogen-bond donors (Lipinski definition) is 0. The second-order valence-electron chi connectivity index (χ2n) is 3.29. The molecular weight excluding hydrogens is 204 g/mol. The van der Waals surface area contributed by atoms with Crippen LogP contribution < -0.4 is 0 Å². The summed E-state index contributed by atoms with van der Waals surface area (Å²) in [5.74, 6) is 0. The van der Waals surface area contributed by atoms with E-state index in [9.17, 15) is 0 Å². The number of hydrogen-bond acceptors (Lipinski definition) is 3. The first-order valence-corrected chi connectivity index (χ1v) is 5.47. The maximum atomic E-state index is 4.33. The minimum absolute atomic E-state index is 1.01. The quantitative estimate of drug-likeness (QED) is 0.618. The maximum absolute atomic E-state index is 4.33. The molecule has 0 bridgehead atoms. The van der Waals surface area contributed by atoms with E-state index >= 15 is 0 Å². The molecule has 0 aromatic carbocycles. The molecule has 2 heterocycles. The van der Waals surface area contributed by atoms with Crippen LogP contribution in [-0.2, 0) is 0 Å². The van der Waals surface area contributed by atoms with Crippen molar-refractivity contribution in [3.8, 4) is 21.7 Å². The van der Waals surface area contributed by atoms with Crippen LogP contribution in [0.25, 0.3) is 21.7 Å². The van der Waals surface area contributed by atoms with Crippen molar-refractivity contribution < 1.29 is 0 Å². The first-order valence-electron chi connectivity index (χ1n) is 4.69. The largest absolute Gasteiger partial charge is 0.256 e. The van der Waals surface area contributed by atoms with Gasteiger partial charge in [-0.1, -0.05) is 6.07 Å². The molecule has 72 valence electrons. The van der Waals surface area contributed by atoms with Crippen molar-refractivity contribution >= 4 is 11.5 Å². The van der Waals surface area contributed by atoms with E-state index in [1.54, 1.807) is 0 Å². The number of aromatic nitrogens is 2. The molecule has 0 unspecified atom stereocenters. The molecule has 1 aliphatic heterocycles. The monoisotopic (exact) mass is 212 g/mol. The Bertz CT molecular complexity index is 515. The zero-order valence-corrected chi connectivity index (χ0v) is 8.74. The van der Waals surface area contributed by atoms with E-state index in [4.69, 9.17) is 0 Å². The fourth-order valence-electron chi connectivity index (χ4n) is 1.59. The fraction of sp³-hybridized carbons (Fsp3) is 0. The van der Waals surface area contributed by atoms with Crippen molar-refractivity contribution in [1.29, 1.82) is 0 Å². The minimum atomic E-state index is 1.01. The summed E-state index contributed by atoms with van der Waals surface area (Å²) < 4.78 is 4.14. The molecule has 0 N–H and O–H groups in total. The zero-order chi connectivity index (χ0) is 10.1. The van der Waals surface area contributed by atoms with Crippen LogP contribution >= 0.6 is 11.5 Å². The molecule has 2 nitrogen and oxygen atoms in total. The van der Waals surface area contributed by atoms with Gasteiger partial charge in [-0.2, -0.15) is 0 Å². The average molecular weight is 212 g/mol. The van der Waals surface area contributed by atoms with E-state index in [2.05, 4.69) is 21.5 Å². The van der Waals surface area contributed by atoms with E-state index in [1.807, 2.05) is 36.7 Å². The van der Waals surface area contributed by atoms with Gasteiger partial charge in [0.1, 0.15) is 0 Å². The van der Waals surface area contributed by atoms with Gasteiger partial charge in [0.25, 0.3) is 0 Å². The predicted molar refractivity (Wildman–Crippen MR) is 62.0 cm³/mol. The highest BCUT2D eigenvalue weighted by molar-refractivity contribution is 7.09. The van der Waals surface area contributed by atoms with Gasteiger partial charge in [0, 0.05) is 18.0 Å². The van der Waals surface area contributed by atoms with Gasteiger partial charge in [-0.3, -0.25) is 4.98 Å². The molecule has 15 heavy (non-hydrogen) atoms. The molecule has 0 saturated heterocycles. The lowest BCUT2D eigenvalue weighted by Crippen LogP contribution is -1.76. The van der Waals surface area contributed by atoms with Gasteiger partial charge >= 0.3 is 0 Å². The normalized spacial score (nSPS) is 10.7. The van der Waals surface area contributed by atoms with E-state index in [0.717, 1.165) is 11.3 Å². The van der Waals surface area contributed by atoms with Gasteiger partial charge in [0.05, 0.1) is 10.6 Å². The molecule has 1 aliphatic carbocycles. The number of fused-ring (bicyclic) bond motifs is 1. The van der Waals surface area contributed by atoms with Gasteiger partial charge in [-0.15, -0.1) is 0 Å². The van der Waals surface area contributed by atoms with Crippen LogP contribution in [-0.4, -0.2) is 9.36 Å². The predicted octanol–water partition coefficient (Wildman–Crippen LogP) is 3.31. The molecule has 0 atom stereocenters. The number of nitrogens with zero attached hydrogens (tertiary/aromatic N) is 2. The summed E-state index contributed by atoms with van der Waals surface area (Å²) in [5, 5.41) is 0. The molecular formula is C12H8N2S. The fourth-order valence-corrected chi connectivity index (χ4v) is 2.24. The first kappa shape index (κ1) is 8.56. The van der Waals surface area contributed by atoms with Gasteiger partial charge in [-0.25, -0.2) is 4.37 Å². The van der Waals surface area contributed by atoms with Crippen LogP contribution in [0, 0.1) is 0 Å². The maximum Gasteiger partial charge on any atom is 0.0702 e. The third-order valence-corrected chi connectivity index (χ3v) is 3.09. The van der Waals surface area contributed by atoms with E-state index < -0.39 is 0 Å². The van der Waals surface area contributed by atoms with Crippen LogP contribution in [0.5, 0.6) is 0 Å². The SMILES string of the molecule is c1ccc(-c2cc3ccnsc-3c2)nc1. The summed E-state index contributed by atoms with van der Waals surface area (Å²) in [6.07, 6.45) is 3.64. The third-order valence-electron chi connectivity index (χ3n) is 2.31. The Morgan fingerprint density at radius 1 is 0.933 bits per heavy atom. The lowest BCUT2D eigenvalue weighted by atomic mass is 10.2. The second kappa shape index (κ2) is 3.44. The highest BCUT2D eigenvalue weighted by Gasteiger charge is 2.08. The molecule has 1 aromatic heterocycles. The lowest BCUT2D eigenvalue weighted by Gasteiger charge is -1.93. The molecule has 0 radical (unpaired) electrons. The summed E-state index contributed by atoms with van der Waals surface area (Å²) in [4.78, 5) is 5.54. The Labute approximate surface area is 91.7 Å². The molecule has 0 spiro atoms. The molecule has 3 heteroatoms. The van der Waals surface area contributed by atoms with Crippen LogP contribution in [0.15, 0.2) is 48.8 Å². The highest BCUT2D eigenvalue weighted by atomic mass is 32.1. The number of rotatable bonds is 1. The Balaban J connectivity index is 2.18. The van der Waals surface area contributed by atoms with Crippen molar-refractivity contribution in [3.63, 3.8) is 0 Å². The van der Waals surface area contributed by atoms with E-state index in [1.165, 1.54) is 22.0 Å². The molecule has 2 aliphatic rings. The van der Waals surface area contributed by atoms with Gasteiger partial charge < -0.3 is 0 Å². The Hall–Kier alpha value is -1.74. The highest BCUT2D eigenvalue weighted by Crippen LogP contribution is 2.32. The van der Waals surface area contributed by atoms with Crippen LogP contribution in [0.3, 0.4) is 0 Å². The smallest absolute Gasteiger partial charge is 0.0702 e. The van der Waals surface area contributed by atoms with Crippen LogP contribution in [0.2, 0.25) is 0 Å². The zero-order valence-electron chi connectivity index (χ0n) is 7.92. The summed E-state index contributed by atoms with van der Waals surface area (Å²) in [6.45, 7) is 0. The molecule has 0 amide bonds. The van der Waals surface area contributed by atoms with Crippen molar-refractivity contribution in [3.05, 3.63) is 48.8 Å². The second-order valence-corrected chi connectivity index (χ2v) is 4.12. The Morgan fingerprint density at radius 2 is 1.93 bits per heavy atom. The average Bonchev–Trinajstić information content (AvgIpc) is 2.74. The summed E-state index contributed by atoms with van der Waals surface area (Å²) >= 11 is 1.51. The summed E-state index contributed by atoms with van der Waals surface area (Å²) in [7, 11) is 0. The topological polar surface area (TPSA) is 25.8 Å². The van der Waals surface area contributed by atoms with Crippen LogP contribution in [0.4, 0.5) is 0 Å². The standard InChI is InChI=1S/C12H8N2S/c1-2-5-13-11(3-1)10-7-9-4-6-14-15-12(9)8-10/h1-8H. The molecule has 0 saturated carbocycles.